The van der Waals surface area contributed by atoms with Gasteiger partial charge >= 0.3 is 0 Å². The van der Waals surface area contributed by atoms with Gasteiger partial charge in [0.2, 0.25) is 0 Å². The third-order valence-corrected chi connectivity index (χ3v) is 4.44. The Labute approximate surface area is 134 Å². The van der Waals surface area contributed by atoms with E-state index in [-0.39, 0.29) is 0 Å². The van der Waals surface area contributed by atoms with Gasteiger partial charge in [-0.2, -0.15) is 0 Å². The summed E-state index contributed by atoms with van der Waals surface area (Å²) in [5.41, 5.74) is 2.95. The third-order valence-electron chi connectivity index (χ3n) is 4.21. The Balaban J connectivity index is 1.93. The largest absolute Gasteiger partial charge is 0.317 e. The normalized spacial score (nSPS) is 16.2. The van der Waals surface area contributed by atoms with Crippen molar-refractivity contribution < 1.29 is 0 Å². The molecule has 4 nitrogen and oxygen atoms in total. The highest BCUT2D eigenvalue weighted by molar-refractivity contribution is 6.30. The van der Waals surface area contributed by atoms with Gasteiger partial charge in [0.1, 0.15) is 11.3 Å². The van der Waals surface area contributed by atoms with Crippen LogP contribution in [0.1, 0.15) is 18.9 Å². The third kappa shape index (κ3) is 2.38. The minimum absolute atomic E-state index is 0.426. The second kappa shape index (κ2) is 5.71. The number of nitrogens with one attached hydrogen (secondary N) is 1. The smallest absolute Gasteiger partial charge is 0.160 e. The van der Waals surface area contributed by atoms with Crippen LogP contribution in [-0.2, 0) is 0 Å². The van der Waals surface area contributed by atoms with Crippen LogP contribution in [0.2, 0.25) is 5.02 Å². The molecule has 1 aliphatic rings. The molecule has 0 bridgehead atoms. The van der Waals surface area contributed by atoms with E-state index in [0.717, 1.165) is 53.5 Å². The quantitative estimate of drug-likeness (QED) is 0.785. The summed E-state index contributed by atoms with van der Waals surface area (Å²) in [5, 5.41) is 4.15. The van der Waals surface area contributed by atoms with E-state index in [1.165, 1.54) is 0 Å². The van der Waals surface area contributed by atoms with Gasteiger partial charge in [0, 0.05) is 22.8 Å². The predicted octanol–water partition coefficient (Wildman–Crippen LogP) is 3.68. The van der Waals surface area contributed by atoms with Crippen LogP contribution >= 0.6 is 11.6 Å². The molecule has 0 amide bonds. The van der Waals surface area contributed by atoms with Crippen LogP contribution in [0.3, 0.4) is 0 Å². The molecular weight excluding hydrogens is 296 g/mol. The summed E-state index contributed by atoms with van der Waals surface area (Å²) < 4.78 is 2.29. The number of hydrogen-bond donors (Lipinski definition) is 1. The minimum Gasteiger partial charge on any atom is -0.317 e. The summed E-state index contributed by atoms with van der Waals surface area (Å²) >= 11 is 6.17. The first-order valence-electron chi connectivity index (χ1n) is 7.62. The molecule has 1 fully saturated rings. The number of imidazole rings is 1. The molecule has 0 atom stereocenters. The number of nitrogens with zero attached hydrogens (tertiary/aromatic N) is 3. The van der Waals surface area contributed by atoms with Crippen molar-refractivity contribution in [1.82, 2.24) is 19.9 Å². The second-order valence-electron chi connectivity index (χ2n) is 5.64. The van der Waals surface area contributed by atoms with Crippen LogP contribution in [0.4, 0.5) is 0 Å². The highest BCUT2D eigenvalue weighted by Gasteiger charge is 2.22. The number of benzene rings is 1. The van der Waals surface area contributed by atoms with Gasteiger partial charge in [-0.3, -0.25) is 0 Å². The number of piperidine rings is 1. The SMILES string of the molecule is Clc1cccc(-c2nc3cccnc3n2C2CCNCC2)c1. The lowest BCUT2D eigenvalue weighted by Gasteiger charge is -2.25. The molecule has 0 spiro atoms. The van der Waals surface area contributed by atoms with Gasteiger partial charge in [0.25, 0.3) is 0 Å². The van der Waals surface area contributed by atoms with E-state index in [2.05, 4.69) is 20.9 Å². The molecule has 112 valence electrons. The van der Waals surface area contributed by atoms with Crippen LogP contribution in [0.5, 0.6) is 0 Å². The fraction of sp³-hybridized carbons (Fsp3) is 0.294. The predicted molar refractivity (Wildman–Crippen MR) is 89.1 cm³/mol. The molecule has 1 aromatic carbocycles. The van der Waals surface area contributed by atoms with Crippen molar-refractivity contribution >= 4 is 22.8 Å². The molecular formula is C17H17ClN4. The molecule has 1 N–H and O–H groups in total. The molecule has 5 heteroatoms. The Morgan fingerprint density at radius 1 is 1.14 bits per heavy atom. The molecule has 4 rings (SSSR count). The Morgan fingerprint density at radius 3 is 2.82 bits per heavy atom. The van der Waals surface area contributed by atoms with Gasteiger partial charge in [-0.1, -0.05) is 23.7 Å². The first kappa shape index (κ1) is 13.7. The summed E-state index contributed by atoms with van der Waals surface area (Å²) in [6.45, 7) is 2.07. The van der Waals surface area contributed by atoms with Gasteiger partial charge in [-0.05, 0) is 50.2 Å². The first-order chi connectivity index (χ1) is 10.8. The van der Waals surface area contributed by atoms with Gasteiger partial charge in [-0.15, -0.1) is 0 Å². The maximum Gasteiger partial charge on any atom is 0.160 e. The summed E-state index contributed by atoms with van der Waals surface area (Å²) in [7, 11) is 0. The Kier molecular flexibility index (Phi) is 3.56. The van der Waals surface area contributed by atoms with Gasteiger partial charge in [0.15, 0.2) is 5.65 Å². The highest BCUT2D eigenvalue weighted by Crippen LogP contribution is 2.32. The van der Waals surface area contributed by atoms with E-state index in [9.17, 15) is 0 Å². The molecule has 0 unspecified atom stereocenters. The monoisotopic (exact) mass is 312 g/mol. The summed E-state index contributed by atoms with van der Waals surface area (Å²) in [6.07, 6.45) is 4.02. The number of aromatic nitrogens is 3. The molecule has 22 heavy (non-hydrogen) atoms. The number of halogens is 1. The average molecular weight is 313 g/mol. The number of hydrogen-bond acceptors (Lipinski definition) is 3. The van der Waals surface area contributed by atoms with Crippen LogP contribution in [0.25, 0.3) is 22.6 Å². The summed E-state index contributed by atoms with van der Waals surface area (Å²) in [5.74, 6) is 0.961. The van der Waals surface area contributed by atoms with Gasteiger partial charge in [0.05, 0.1) is 0 Å². The lowest BCUT2D eigenvalue weighted by molar-refractivity contribution is 0.376. The van der Waals surface area contributed by atoms with Crippen molar-refractivity contribution in [3.63, 3.8) is 0 Å². The van der Waals surface area contributed by atoms with E-state index >= 15 is 0 Å². The van der Waals surface area contributed by atoms with Crippen LogP contribution in [0, 0.1) is 0 Å². The van der Waals surface area contributed by atoms with Crippen molar-refractivity contribution in [3.05, 3.63) is 47.6 Å². The standard InChI is InChI=1S/C17H17ClN4/c18-13-4-1-3-12(11-13)16-21-15-5-2-8-20-17(15)22(16)14-6-9-19-10-7-14/h1-5,8,11,14,19H,6-7,9-10H2. The lowest BCUT2D eigenvalue weighted by atomic mass is 10.1. The topological polar surface area (TPSA) is 42.7 Å². The number of fused-ring (bicyclic) bond motifs is 1. The molecule has 0 aliphatic carbocycles. The number of pyridine rings is 1. The van der Waals surface area contributed by atoms with Crippen LogP contribution in [-0.4, -0.2) is 27.6 Å². The molecule has 3 heterocycles. The zero-order chi connectivity index (χ0) is 14.9. The lowest BCUT2D eigenvalue weighted by Crippen LogP contribution is -2.29. The van der Waals surface area contributed by atoms with E-state index in [1.807, 2.05) is 36.5 Å². The van der Waals surface area contributed by atoms with E-state index < -0.39 is 0 Å². The Bertz CT molecular complexity index is 805. The second-order valence-corrected chi connectivity index (χ2v) is 6.08. The van der Waals surface area contributed by atoms with Crippen molar-refractivity contribution in [2.24, 2.45) is 0 Å². The zero-order valence-corrected chi connectivity index (χ0v) is 12.9. The van der Waals surface area contributed by atoms with E-state index in [1.54, 1.807) is 0 Å². The molecule has 2 aromatic heterocycles. The van der Waals surface area contributed by atoms with Crippen LogP contribution in [0.15, 0.2) is 42.6 Å². The summed E-state index contributed by atoms with van der Waals surface area (Å²) in [6, 6.07) is 12.3. The van der Waals surface area contributed by atoms with E-state index in [4.69, 9.17) is 16.6 Å². The summed E-state index contributed by atoms with van der Waals surface area (Å²) in [4.78, 5) is 9.39. The Hall–Kier alpha value is -1.91. The van der Waals surface area contributed by atoms with Gasteiger partial charge < -0.3 is 9.88 Å². The Morgan fingerprint density at radius 2 is 2.00 bits per heavy atom. The van der Waals surface area contributed by atoms with E-state index in [0.29, 0.717) is 6.04 Å². The van der Waals surface area contributed by atoms with Crippen molar-refractivity contribution in [2.45, 2.75) is 18.9 Å². The molecule has 1 aliphatic heterocycles. The average Bonchev–Trinajstić information content (AvgIpc) is 2.95. The first-order valence-corrected chi connectivity index (χ1v) is 8.00. The zero-order valence-electron chi connectivity index (χ0n) is 12.2. The maximum atomic E-state index is 6.17. The molecule has 0 saturated carbocycles. The molecule has 3 aromatic rings. The highest BCUT2D eigenvalue weighted by atomic mass is 35.5. The molecule has 0 radical (unpaired) electrons. The maximum absolute atomic E-state index is 6.17. The minimum atomic E-state index is 0.426. The van der Waals surface area contributed by atoms with Crippen molar-refractivity contribution in [3.8, 4) is 11.4 Å². The fourth-order valence-electron chi connectivity index (χ4n) is 3.17. The fourth-order valence-corrected chi connectivity index (χ4v) is 3.36. The van der Waals surface area contributed by atoms with Crippen molar-refractivity contribution in [1.29, 1.82) is 0 Å². The number of rotatable bonds is 2. The van der Waals surface area contributed by atoms with Crippen molar-refractivity contribution in [2.75, 3.05) is 13.1 Å². The van der Waals surface area contributed by atoms with Crippen LogP contribution < -0.4 is 5.32 Å². The molecule has 1 saturated heterocycles. The van der Waals surface area contributed by atoms with Gasteiger partial charge in [-0.25, -0.2) is 9.97 Å².